The van der Waals surface area contributed by atoms with E-state index < -0.39 is 0 Å². The summed E-state index contributed by atoms with van der Waals surface area (Å²) in [5.74, 6) is 2.43. The van der Waals surface area contributed by atoms with Crippen LogP contribution in [0, 0.1) is 11.8 Å². The molecule has 7 heteroatoms. The van der Waals surface area contributed by atoms with Gasteiger partial charge >= 0.3 is 6.01 Å². The van der Waals surface area contributed by atoms with Crippen LogP contribution in [0.1, 0.15) is 32.6 Å². The van der Waals surface area contributed by atoms with Crippen LogP contribution < -0.4 is 9.64 Å². The van der Waals surface area contributed by atoms with Gasteiger partial charge in [-0.3, -0.25) is 4.79 Å². The molecule has 3 heterocycles. The highest BCUT2D eigenvalue weighted by Crippen LogP contribution is 2.27. The number of amides is 1. The quantitative estimate of drug-likeness (QED) is 0.806. The minimum absolute atomic E-state index is 0.116. The highest BCUT2D eigenvalue weighted by atomic mass is 16.5. The summed E-state index contributed by atoms with van der Waals surface area (Å²) < 4.78 is 10.7. The van der Waals surface area contributed by atoms with Gasteiger partial charge in [0.25, 0.3) is 0 Å². The fraction of sp³-hybridized carbons (Fsp3) is 0.571. The molecular weight excluding hydrogens is 356 g/mol. The maximum absolute atomic E-state index is 12.8. The second kappa shape index (κ2) is 8.20. The molecule has 2 aliphatic heterocycles. The van der Waals surface area contributed by atoms with E-state index in [1.807, 2.05) is 24.3 Å². The van der Waals surface area contributed by atoms with Crippen LogP contribution in [-0.4, -0.2) is 54.2 Å². The van der Waals surface area contributed by atoms with Gasteiger partial charge in [-0.1, -0.05) is 12.1 Å². The van der Waals surface area contributed by atoms with Crippen LogP contribution in [0.4, 0.5) is 6.01 Å². The number of methoxy groups -OCH3 is 1. The number of anilines is 1. The van der Waals surface area contributed by atoms with Gasteiger partial charge in [0, 0.05) is 37.7 Å². The minimum Gasteiger partial charge on any atom is -0.497 e. The van der Waals surface area contributed by atoms with E-state index >= 15 is 0 Å². The summed E-state index contributed by atoms with van der Waals surface area (Å²) in [6, 6.07) is 8.12. The fourth-order valence-corrected chi connectivity index (χ4v) is 4.17. The number of rotatable bonds is 4. The average Bonchev–Trinajstić information content (AvgIpc) is 3.24. The first-order chi connectivity index (χ1) is 13.6. The van der Waals surface area contributed by atoms with Gasteiger partial charge in [-0.25, -0.2) is 0 Å². The molecule has 1 aromatic carbocycles. The predicted octanol–water partition coefficient (Wildman–Crippen LogP) is 3.22. The number of hydrogen-bond acceptors (Lipinski definition) is 6. The SMILES string of the molecule is COc1ccc(-c2noc(N3CCC(C(=O)N4CCCC(C)C4)CC3)n2)cc1. The van der Waals surface area contributed by atoms with E-state index in [0.29, 0.717) is 23.7 Å². The van der Waals surface area contributed by atoms with Crippen LogP contribution in [0.2, 0.25) is 0 Å². The van der Waals surface area contributed by atoms with Crippen LogP contribution >= 0.6 is 0 Å². The highest BCUT2D eigenvalue weighted by molar-refractivity contribution is 5.79. The van der Waals surface area contributed by atoms with Crippen LogP contribution in [0.15, 0.2) is 28.8 Å². The number of ether oxygens (including phenoxy) is 1. The molecule has 1 amide bonds. The lowest BCUT2D eigenvalue weighted by Gasteiger charge is -2.36. The van der Waals surface area contributed by atoms with Gasteiger partial charge in [-0.05, 0) is 55.9 Å². The molecule has 2 saturated heterocycles. The number of carbonyl (C=O) groups is 1. The van der Waals surface area contributed by atoms with E-state index in [-0.39, 0.29) is 5.92 Å². The molecule has 2 fully saturated rings. The predicted molar refractivity (Wildman–Crippen MR) is 106 cm³/mol. The van der Waals surface area contributed by atoms with Gasteiger partial charge in [0.05, 0.1) is 7.11 Å². The maximum atomic E-state index is 12.8. The van der Waals surface area contributed by atoms with Gasteiger partial charge < -0.3 is 19.1 Å². The zero-order valence-corrected chi connectivity index (χ0v) is 16.6. The summed E-state index contributed by atoms with van der Waals surface area (Å²) >= 11 is 0. The number of hydrogen-bond donors (Lipinski definition) is 0. The summed E-state index contributed by atoms with van der Waals surface area (Å²) in [7, 11) is 1.64. The molecule has 0 spiro atoms. The number of aromatic nitrogens is 2. The Morgan fingerprint density at radius 1 is 1.14 bits per heavy atom. The molecule has 0 saturated carbocycles. The monoisotopic (exact) mass is 384 g/mol. The zero-order chi connectivity index (χ0) is 19.5. The van der Waals surface area contributed by atoms with Crippen molar-refractivity contribution in [1.29, 1.82) is 0 Å². The Balaban J connectivity index is 1.35. The van der Waals surface area contributed by atoms with Gasteiger partial charge in [-0.2, -0.15) is 4.98 Å². The number of nitrogens with zero attached hydrogens (tertiary/aromatic N) is 4. The smallest absolute Gasteiger partial charge is 0.324 e. The number of carbonyl (C=O) groups excluding carboxylic acids is 1. The number of piperidine rings is 2. The molecule has 0 bridgehead atoms. The fourth-order valence-electron chi connectivity index (χ4n) is 4.17. The maximum Gasteiger partial charge on any atom is 0.324 e. The number of benzene rings is 1. The van der Waals surface area contributed by atoms with Crippen molar-refractivity contribution in [2.45, 2.75) is 32.6 Å². The van der Waals surface area contributed by atoms with Crippen molar-refractivity contribution >= 4 is 11.9 Å². The van der Waals surface area contributed by atoms with Crippen LogP contribution in [0.25, 0.3) is 11.4 Å². The number of likely N-dealkylation sites (tertiary alicyclic amines) is 1. The third-order valence-corrected chi connectivity index (χ3v) is 5.85. The molecule has 0 N–H and O–H groups in total. The lowest BCUT2D eigenvalue weighted by molar-refractivity contribution is -0.137. The molecule has 150 valence electrons. The van der Waals surface area contributed by atoms with Crippen molar-refractivity contribution in [3.05, 3.63) is 24.3 Å². The van der Waals surface area contributed by atoms with Crippen molar-refractivity contribution in [3.8, 4) is 17.1 Å². The molecule has 1 aromatic heterocycles. The van der Waals surface area contributed by atoms with Gasteiger partial charge in [-0.15, -0.1) is 0 Å². The van der Waals surface area contributed by atoms with Gasteiger partial charge in [0.2, 0.25) is 11.7 Å². The van der Waals surface area contributed by atoms with Gasteiger partial charge in [0.1, 0.15) is 5.75 Å². The summed E-state index contributed by atoms with van der Waals surface area (Å²) in [5.41, 5.74) is 0.889. The van der Waals surface area contributed by atoms with Crippen molar-refractivity contribution in [2.24, 2.45) is 11.8 Å². The second-order valence-corrected chi connectivity index (χ2v) is 7.92. The Morgan fingerprint density at radius 2 is 1.89 bits per heavy atom. The molecule has 7 nitrogen and oxygen atoms in total. The molecule has 2 aromatic rings. The van der Waals surface area contributed by atoms with Crippen LogP contribution in [0.5, 0.6) is 5.75 Å². The highest BCUT2D eigenvalue weighted by Gasteiger charge is 2.31. The Bertz CT molecular complexity index is 796. The summed E-state index contributed by atoms with van der Waals surface area (Å²) in [4.78, 5) is 21.5. The minimum atomic E-state index is 0.116. The molecule has 0 radical (unpaired) electrons. The van der Waals surface area contributed by atoms with E-state index in [4.69, 9.17) is 9.26 Å². The van der Waals surface area contributed by atoms with Gasteiger partial charge in [0.15, 0.2) is 0 Å². The Hall–Kier alpha value is -2.57. The van der Waals surface area contributed by atoms with Crippen LogP contribution in [0.3, 0.4) is 0 Å². The van der Waals surface area contributed by atoms with Crippen molar-refractivity contribution in [1.82, 2.24) is 15.0 Å². The molecular formula is C21H28N4O3. The van der Waals surface area contributed by atoms with Crippen LogP contribution in [-0.2, 0) is 4.79 Å². The lowest BCUT2D eigenvalue weighted by Crippen LogP contribution is -2.46. The summed E-state index contributed by atoms with van der Waals surface area (Å²) in [5, 5.41) is 4.11. The third kappa shape index (κ3) is 3.98. The van der Waals surface area contributed by atoms with Crippen molar-refractivity contribution in [3.63, 3.8) is 0 Å². The van der Waals surface area contributed by atoms with Crippen molar-refractivity contribution < 1.29 is 14.1 Å². The van der Waals surface area contributed by atoms with E-state index in [1.54, 1.807) is 7.11 Å². The molecule has 2 aliphatic rings. The van der Waals surface area contributed by atoms with E-state index in [0.717, 1.165) is 56.8 Å². The Labute approximate surface area is 165 Å². The molecule has 4 rings (SSSR count). The van der Waals surface area contributed by atoms with E-state index in [9.17, 15) is 4.79 Å². The zero-order valence-electron chi connectivity index (χ0n) is 16.6. The molecule has 1 atom stereocenters. The largest absolute Gasteiger partial charge is 0.497 e. The third-order valence-electron chi connectivity index (χ3n) is 5.85. The Kier molecular flexibility index (Phi) is 5.50. The molecule has 1 unspecified atom stereocenters. The second-order valence-electron chi connectivity index (χ2n) is 7.92. The average molecular weight is 384 g/mol. The van der Waals surface area contributed by atoms with E-state index in [2.05, 4.69) is 26.9 Å². The first-order valence-electron chi connectivity index (χ1n) is 10.2. The topological polar surface area (TPSA) is 71.7 Å². The molecule has 0 aliphatic carbocycles. The first-order valence-corrected chi connectivity index (χ1v) is 10.2. The standard InChI is InChI=1S/C21H28N4O3/c1-15-4-3-11-25(14-15)20(26)17-9-12-24(13-10-17)21-22-19(23-28-21)16-5-7-18(27-2)8-6-16/h5-8,15,17H,3-4,9-14H2,1-2H3. The van der Waals surface area contributed by atoms with Crippen molar-refractivity contribution in [2.75, 3.05) is 38.2 Å². The molecule has 28 heavy (non-hydrogen) atoms. The Morgan fingerprint density at radius 3 is 2.57 bits per heavy atom. The normalized spacial score (nSPS) is 21.0. The first kappa shape index (κ1) is 18.8. The summed E-state index contributed by atoms with van der Waals surface area (Å²) in [6.45, 7) is 5.60. The van der Waals surface area contributed by atoms with E-state index in [1.165, 1.54) is 6.42 Å². The lowest BCUT2D eigenvalue weighted by atomic mass is 9.93. The summed E-state index contributed by atoms with van der Waals surface area (Å²) in [6.07, 6.45) is 4.03.